The number of aliphatic hydroxyl groups is 1. The van der Waals surface area contributed by atoms with Gasteiger partial charge in [0.05, 0.1) is 6.61 Å². The van der Waals surface area contributed by atoms with Crippen LogP contribution >= 0.6 is 0 Å². The van der Waals surface area contributed by atoms with Crippen molar-refractivity contribution in [2.45, 2.75) is 6.61 Å². The first-order valence-corrected chi connectivity index (χ1v) is 3.67. The molecular formula is C9H9NO3. The first-order valence-electron chi connectivity index (χ1n) is 3.67. The van der Waals surface area contributed by atoms with Crippen LogP contribution < -0.4 is 4.74 Å². The van der Waals surface area contributed by atoms with E-state index in [4.69, 9.17) is 9.84 Å². The second-order valence-electron chi connectivity index (χ2n) is 2.23. The Bertz CT molecular complexity index is 322. The van der Waals surface area contributed by atoms with Gasteiger partial charge in [0, 0.05) is 12.3 Å². The van der Waals surface area contributed by atoms with Crippen LogP contribution in [0, 0.1) is 0 Å². The number of aromatic nitrogens is 1. The fourth-order valence-electron chi connectivity index (χ4n) is 0.785. The molecule has 0 aromatic carbocycles. The number of hydrogen-bond acceptors (Lipinski definition) is 4. The number of carbonyl (C=O) groups excluding carboxylic acids is 1. The van der Waals surface area contributed by atoms with Gasteiger partial charge in [-0.1, -0.05) is 6.58 Å². The van der Waals surface area contributed by atoms with E-state index in [1.807, 2.05) is 0 Å². The maximum Gasteiger partial charge on any atom is 0.335 e. The summed E-state index contributed by atoms with van der Waals surface area (Å²) in [7, 11) is 0. The summed E-state index contributed by atoms with van der Waals surface area (Å²) in [6.07, 6.45) is 2.56. The Hall–Kier alpha value is -1.68. The second-order valence-corrected chi connectivity index (χ2v) is 2.23. The molecule has 0 amide bonds. The zero-order chi connectivity index (χ0) is 9.68. The molecule has 0 aliphatic carbocycles. The molecule has 0 aliphatic rings. The van der Waals surface area contributed by atoms with Crippen LogP contribution in [0.15, 0.2) is 31.0 Å². The normalized spacial score (nSPS) is 9.31. The van der Waals surface area contributed by atoms with E-state index in [1.165, 1.54) is 6.20 Å². The number of carbonyl (C=O) groups is 1. The number of aliphatic hydroxyl groups excluding tert-OH is 1. The van der Waals surface area contributed by atoms with Gasteiger partial charge in [0.1, 0.15) is 5.69 Å². The number of rotatable bonds is 3. The van der Waals surface area contributed by atoms with E-state index in [2.05, 4.69) is 11.6 Å². The van der Waals surface area contributed by atoms with Gasteiger partial charge in [-0.3, -0.25) is 4.98 Å². The molecule has 0 aliphatic heterocycles. The van der Waals surface area contributed by atoms with Crippen molar-refractivity contribution in [1.82, 2.24) is 4.98 Å². The highest BCUT2D eigenvalue weighted by molar-refractivity contribution is 5.83. The maximum absolute atomic E-state index is 10.8. The van der Waals surface area contributed by atoms with Crippen molar-refractivity contribution in [3.63, 3.8) is 0 Å². The summed E-state index contributed by atoms with van der Waals surface area (Å²) in [6.45, 7) is 2.99. The lowest BCUT2D eigenvalue weighted by molar-refractivity contribution is -0.129. The van der Waals surface area contributed by atoms with Crippen molar-refractivity contribution in [2.24, 2.45) is 0 Å². The lowest BCUT2D eigenvalue weighted by atomic mass is 10.3. The van der Waals surface area contributed by atoms with Crippen LogP contribution in [0.4, 0.5) is 0 Å². The number of hydrogen-bond donors (Lipinski definition) is 1. The maximum atomic E-state index is 10.8. The van der Waals surface area contributed by atoms with Crippen molar-refractivity contribution in [3.05, 3.63) is 36.7 Å². The van der Waals surface area contributed by atoms with Gasteiger partial charge in [0.15, 0.2) is 5.75 Å². The van der Waals surface area contributed by atoms with Crippen LogP contribution in [0.2, 0.25) is 0 Å². The quantitative estimate of drug-likeness (QED) is 0.547. The number of ether oxygens (including phenoxy) is 1. The zero-order valence-electron chi connectivity index (χ0n) is 6.93. The van der Waals surface area contributed by atoms with Gasteiger partial charge in [-0.2, -0.15) is 0 Å². The highest BCUT2D eigenvalue weighted by Gasteiger charge is 2.05. The minimum Gasteiger partial charge on any atom is -0.421 e. The smallest absolute Gasteiger partial charge is 0.335 e. The second kappa shape index (κ2) is 4.37. The van der Waals surface area contributed by atoms with Crippen molar-refractivity contribution >= 4 is 5.97 Å². The summed E-state index contributed by atoms with van der Waals surface area (Å²) in [5.74, 6) is -0.308. The van der Waals surface area contributed by atoms with Gasteiger partial charge in [-0.05, 0) is 12.1 Å². The van der Waals surface area contributed by atoms with E-state index in [9.17, 15) is 4.79 Å². The molecule has 68 valence electrons. The van der Waals surface area contributed by atoms with Gasteiger partial charge in [-0.25, -0.2) is 4.79 Å². The molecule has 0 atom stereocenters. The molecule has 0 saturated heterocycles. The van der Waals surface area contributed by atoms with E-state index in [-0.39, 0.29) is 12.4 Å². The Balaban J connectivity index is 2.86. The van der Waals surface area contributed by atoms with Crippen molar-refractivity contribution in [3.8, 4) is 5.75 Å². The minimum absolute atomic E-state index is 0.259. The first-order chi connectivity index (χ1) is 6.27. The van der Waals surface area contributed by atoms with Gasteiger partial charge in [0.25, 0.3) is 0 Å². The predicted octanol–water partition coefficient (Wildman–Crippen LogP) is 0.665. The highest BCUT2D eigenvalue weighted by Crippen LogP contribution is 2.14. The van der Waals surface area contributed by atoms with E-state index in [0.29, 0.717) is 5.69 Å². The standard InChI is InChI=1S/C9H9NO3/c1-2-9(12)13-8-4-3-5-10-7(8)6-11/h2-5,11H,1,6H2. The highest BCUT2D eigenvalue weighted by atomic mass is 16.5. The van der Waals surface area contributed by atoms with Crippen molar-refractivity contribution in [1.29, 1.82) is 0 Å². The molecule has 0 spiro atoms. The van der Waals surface area contributed by atoms with Gasteiger partial charge < -0.3 is 9.84 Å². The summed E-state index contributed by atoms with van der Waals surface area (Å²) in [5, 5.41) is 8.82. The van der Waals surface area contributed by atoms with Crippen molar-refractivity contribution < 1.29 is 14.6 Å². The molecule has 13 heavy (non-hydrogen) atoms. The summed E-state index contributed by atoms with van der Waals surface area (Å²) in [6, 6.07) is 3.17. The molecule has 1 heterocycles. The van der Waals surface area contributed by atoms with Gasteiger partial charge in [-0.15, -0.1) is 0 Å². The number of pyridine rings is 1. The monoisotopic (exact) mass is 179 g/mol. The molecule has 0 saturated carbocycles. The molecule has 4 nitrogen and oxygen atoms in total. The number of esters is 1. The summed E-state index contributed by atoms with van der Waals surface area (Å²) >= 11 is 0. The molecule has 4 heteroatoms. The van der Waals surface area contributed by atoms with E-state index in [1.54, 1.807) is 12.1 Å². The first kappa shape index (κ1) is 9.41. The average molecular weight is 179 g/mol. The molecule has 0 bridgehead atoms. The third-order valence-electron chi connectivity index (χ3n) is 1.38. The zero-order valence-corrected chi connectivity index (χ0v) is 6.93. The van der Waals surface area contributed by atoms with Crippen LogP contribution in [0.1, 0.15) is 5.69 Å². The largest absolute Gasteiger partial charge is 0.421 e. The molecule has 1 aromatic rings. The van der Waals surface area contributed by atoms with Gasteiger partial charge >= 0.3 is 5.97 Å². The molecular weight excluding hydrogens is 170 g/mol. The molecule has 1 rings (SSSR count). The van der Waals surface area contributed by atoms with Crippen LogP contribution in [0.5, 0.6) is 5.75 Å². The van der Waals surface area contributed by atoms with E-state index < -0.39 is 5.97 Å². The van der Waals surface area contributed by atoms with Crippen molar-refractivity contribution in [2.75, 3.05) is 0 Å². The Labute approximate surface area is 75.5 Å². The Morgan fingerprint density at radius 3 is 3.15 bits per heavy atom. The third kappa shape index (κ3) is 2.38. The van der Waals surface area contributed by atoms with Crippen LogP contribution in [0.25, 0.3) is 0 Å². The Morgan fingerprint density at radius 2 is 2.54 bits per heavy atom. The fraction of sp³-hybridized carbons (Fsp3) is 0.111. The summed E-state index contributed by atoms with van der Waals surface area (Å²) in [4.78, 5) is 14.6. The van der Waals surface area contributed by atoms with E-state index >= 15 is 0 Å². The van der Waals surface area contributed by atoms with Crippen LogP contribution in [-0.4, -0.2) is 16.1 Å². The Kier molecular flexibility index (Phi) is 3.16. The Morgan fingerprint density at radius 1 is 1.77 bits per heavy atom. The molecule has 0 radical (unpaired) electrons. The summed E-state index contributed by atoms with van der Waals surface area (Å²) < 4.78 is 4.81. The van der Waals surface area contributed by atoms with Crippen LogP contribution in [0.3, 0.4) is 0 Å². The predicted molar refractivity (Wildman–Crippen MR) is 46.0 cm³/mol. The van der Waals surface area contributed by atoms with E-state index in [0.717, 1.165) is 6.08 Å². The lowest BCUT2D eigenvalue weighted by Crippen LogP contribution is -2.06. The molecule has 0 unspecified atom stereocenters. The third-order valence-corrected chi connectivity index (χ3v) is 1.38. The average Bonchev–Trinajstić information content (AvgIpc) is 2.18. The molecule has 1 aromatic heterocycles. The lowest BCUT2D eigenvalue weighted by Gasteiger charge is -2.04. The van der Waals surface area contributed by atoms with Crippen LogP contribution in [-0.2, 0) is 11.4 Å². The topological polar surface area (TPSA) is 59.4 Å². The van der Waals surface area contributed by atoms with Gasteiger partial charge in [0.2, 0.25) is 0 Å². The minimum atomic E-state index is -0.567. The fourth-order valence-corrected chi connectivity index (χ4v) is 0.785. The molecule has 1 N–H and O–H groups in total. The number of nitrogens with zero attached hydrogens (tertiary/aromatic N) is 1. The SMILES string of the molecule is C=CC(=O)Oc1cccnc1CO. The molecule has 0 fully saturated rings. The summed E-state index contributed by atoms with van der Waals surface area (Å²) in [5.41, 5.74) is 0.331.